The molecular weight excluding hydrogens is 480 g/mol. The number of aromatic nitrogens is 4. The first-order chi connectivity index (χ1) is 13.9. The fraction of sp³-hybridized carbons (Fsp3) is 0.176. The number of nitrogens with one attached hydrogen (secondary N) is 1. The number of amides is 1. The summed E-state index contributed by atoms with van der Waals surface area (Å²) in [5.74, 6) is 0.235. The van der Waals surface area contributed by atoms with E-state index in [4.69, 9.17) is 51.1 Å². The minimum absolute atomic E-state index is 0.00599. The largest absolute Gasteiger partial charge is 0.492 e. The fourth-order valence-electron chi connectivity index (χ4n) is 2.32. The van der Waals surface area contributed by atoms with Crippen molar-refractivity contribution in [3.8, 4) is 11.4 Å². The van der Waals surface area contributed by atoms with Gasteiger partial charge in [0.05, 0.1) is 38.1 Å². The molecule has 3 aromatic rings. The third-order valence-electron chi connectivity index (χ3n) is 3.54. The highest BCUT2D eigenvalue weighted by molar-refractivity contribution is 7.99. The summed E-state index contributed by atoms with van der Waals surface area (Å²) in [5, 5.41) is 15.3. The van der Waals surface area contributed by atoms with Crippen molar-refractivity contribution in [1.82, 2.24) is 20.2 Å². The van der Waals surface area contributed by atoms with Gasteiger partial charge in [0.25, 0.3) is 0 Å². The maximum absolute atomic E-state index is 12.4. The normalized spacial score (nSPS) is 10.8. The second-order valence-corrected chi connectivity index (χ2v) is 7.97. The van der Waals surface area contributed by atoms with E-state index in [1.54, 1.807) is 0 Å². The maximum atomic E-state index is 12.4. The minimum Gasteiger partial charge on any atom is -0.492 e. The van der Waals surface area contributed by atoms with Crippen molar-refractivity contribution in [3.05, 3.63) is 50.4 Å². The molecule has 0 spiro atoms. The van der Waals surface area contributed by atoms with E-state index in [1.807, 2.05) is 31.2 Å². The number of anilines is 1. The molecule has 12 heteroatoms. The molecule has 29 heavy (non-hydrogen) atoms. The molecule has 0 unspecified atom stereocenters. The molecule has 1 aromatic heterocycles. The van der Waals surface area contributed by atoms with Gasteiger partial charge in [-0.1, -0.05) is 70.3 Å². The molecule has 0 saturated carbocycles. The molecule has 3 rings (SSSR count). The summed E-state index contributed by atoms with van der Waals surface area (Å²) in [5.41, 5.74) is 0.813. The smallest absolute Gasteiger partial charge is 0.234 e. The zero-order chi connectivity index (χ0) is 21.0. The number of carbonyl (C=O) groups excluding carboxylic acids is 1. The molecule has 0 radical (unpaired) electrons. The summed E-state index contributed by atoms with van der Waals surface area (Å²) in [7, 11) is 0. The van der Waals surface area contributed by atoms with Gasteiger partial charge in [0, 0.05) is 0 Å². The predicted molar refractivity (Wildman–Crippen MR) is 116 cm³/mol. The lowest BCUT2D eigenvalue weighted by atomic mass is 10.3. The Balaban J connectivity index is 1.75. The predicted octanol–water partition coefficient (Wildman–Crippen LogP) is 5.41. The van der Waals surface area contributed by atoms with E-state index in [9.17, 15) is 4.79 Å². The molecule has 0 aliphatic rings. The van der Waals surface area contributed by atoms with Gasteiger partial charge in [-0.3, -0.25) is 4.79 Å². The summed E-state index contributed by atoms with van der Waals surface area (Å²) in [4.78, 5) is 12.4. The standard InChI is InChI=1S/C17H13Cl4N5O2S/c1-2-28-12-6-4-3-5-11(12)26-17(23-24-25-26)29-8-13(27)22-16-14(20)9(18)7-10(19)15(16)21/h3-7H,2,8H2,1H3,(H,22,27). The molecule has 0 bridgehead atoms. The molecule has 1 heterocycles. The maximum Gasteiger partial charge on any atom is 0.234 e. The number of carbonyl (C=O) groups is 1. The van der Waals surface area contributed by atoms with E-state index >= 15 is 0 Å². The highest BCUT2D eigenvalue weighted by Gasteiger charge is 2.18. The fourth-order valence-corrected chi connectivity index (χ4v) is 3.91. The van der Waals surface area contributed by atoms with Gasteiger partial charge >= 0.3 is 0 Å². The lowest BCUT2D eigenvalue weighted by Gasteiger charge is -2.12. The van der Waals surface area contributed by atoms with Crippen LogP contribution in [0.4, 0.5) is 5.69 Å². The van der Waals surface area contributed by atoms with E-state index in [0.29, 0.717) is 23.2 Å². The topological polar surface area (TPSA) is 81.9 Å². The van der Waals surface area contributed by atoms with E-state index in [-0.39, 0.29) is 37.4 Å². The Hall–Kier alpha value is -1.71. The molecule has 7 nitrogen and oxygen atoms in total. The number of halogens is 4. The van der Waals surface area contributed by atoms with Gasteiger partial charge in [-0.15, -0.1) is 5.10 Å². The minimum atomic E-state index is -0.384. The zero-order valence-electron chi connectivity index (χ0n) is 14.8. The Labute approximate surface area is 190 Å². The number of thioether (sulfide) groups is 1. The highest BCUT2D eigenvalue weighted by Crippen LogP contribution is 2.41. The second kappa shape index (κ2) is 9.86. The lowest BCUT2D eigenvalue weighted by molar-refractivity contribution is -0.113. The van der Waals surface area contributed by atoms with E-state index < -0.39 is 0 Å². The number of para-hydroxylation sites is 2. The molecule has 1 N–H and O–H groups in total. The Bertz CT molecular complexity index is 1020. The van der Waals surface area contributed by atoms with E-state index in [0.717, 1.165) is 11.8 Å². The first-order valence-electron chi connectivity index (χ1n) is 8.18. The molecule has 0 aliphatic carbocycles. The zero-order valence-corrected chi connectivity index (χ0v) is 18.7. The van der Waals surface area contributed by atoms with Gasteiger partial charge < -0.3 is 10.1 Å². The molecule has 0 saturated heterocycles. The van der Waals surface area contributed by atoms with Crippen LogP contribution in [0.15, 0.2) is 35.5 Å². The van der Waals surface area contributed by atoms with Crippen molar-refractivity contribution in [2.24, 2.45) is 0 Å². The Kier molecular flexibility index (Phi) is 7.48. The number of rotatable bonds is 7. The Morgan fingerprint density at radius 1 is 1.17 bits per heavy atom. The second-order valence-electron chi connectivity index (χ2n) is 5.45. The van der Waals surface area contributed by atoms with Crippen LogP contribution in [0.25, 0.3) is 5.69 Å². The monoisotopic (exact) mass is 491 g/mol. The van der Waals surface area contributed by atoms with E-state index in [2.05, 4.69) is 20.8 Å². The van der Waals surface area contributed by atoms with Crippen LogP contribution in [0, 0.1) is 0 Å². The molecular formula is C17H13Cl4N5O2S. The average Bonchev–Trinajstić information content (AvgIpc) is 3.17. The van der Waals surface area contributed by atoms with E-state index in [1.165, 1.54) is 10.7 Å². The van der Waals surface area contributed by atoms with Gasteiger partial charge in [0.2, 0.25) is 11.1 Å². The first kappa shape index (κ1) is 22.0. The molecule has 1 amide bonds. The number of ether oxygens (including phenoxy) is 1. The van der Waals surface area contributed by atoms with Crippen molar-refractivity contribution >= 4 is 69.8 Å². The van der Waals surface area contributed by atoms with Gasteiger partial charge in [0.15, 0.2) is 0 Å². The molecule has 0 atom stereocenters. The molecule has 152 valence electrons. The third kappa shape index (κ3) is 5.07. The number of hydrogen-bond acceptors (Lipinski definition) is 6. The van der Waals surface area contributed by atoms with Crippen LogP contribution in [0.5, 0.6) is 5.75 Å². The van der Waals surface area contributed by atoms with Crippen LogP contribution in [-0.2, 0) is 4.79 Å². The van der Waals surface area contributed by atoms with Crippen molar-refractivity contribution in [2.45, 2.75) is 12.1 Å². The quantitative estimate of drug-likeness (QED) is 0.351. The summed E-state index contributed by atoms with van der Waals surface area (Å²) in [6.07, 6.45) is 0. The van der Waals surface area contributed by atoms with Crippen molar-refractivity contribution < 1.29 is 9.53 Å². The van der Waals surface area contributed by atoms with Crippen molar-refractivity contribution in [2.75, 3.05) is 17.7 Å². The van der Waals surface area contributed by atoms with Crippen LogP contribution >= 0.6 is 58.2 Å². The Morgan fingerprint density at radius 3 is 2.55 bits per heavy atom. The van der Waals surface area contributed by atoms with Crippen LogP contribution < -0.4 is 10.1 Å². The lowest BCUT2D eigenvalue weighted by Crippen LogP contribution is -2.15. The van der Waals surface area contributed by atoms with Gasteiger partial charge in [-0.05, 0) is 35.5 Å². The number of hydrogen-bond donors (Lipinski definition) is 1. The van der Waals surface area contributed by atoms with Crippen LogP contribution in [0.1, 0.15) is 6.92 Å². The summed E-state index contributed by atoms with van der Waals surface area (Å²) < 4.78 is 7.11. The van der Waals surface area contributed by atoms with Crippen LogP contribution in [0.2, 0.25) is 20.1 Å². The SMILES string of the molecule is CCOc1ccccc1-n1nnnc1SCC(=O)Nc1c(Cl)c(Cl)cc(Cl)c1Cl. The Morgan fingerprint density at radius 2 is 1.86 bits per heavy atom. The molecule has 2 aromatic carbocycles. The number of nitrogens with zero attached hydrogens (tertiary/aromatic N) is 4. The van der Waals surface area contributed by atoms with Crippen molar-refractivity contribution in [1.29, 1.82) is 0 Å². The number of tetrazole rings is 1. The molecule has 0 aliphatic heterocycles. The highest BCUT2D eigenvalue weighted by atomic mass is 35.5. The number of benzene rings is 2. The van der Waals surface area contributed by atoms with Crippen LogP contribution in [-0.4, -0.2) is 38.5 Å². The summed E-state index contributed by atoms with van der Waals surface area (Å²) >= 11 is 25.3. The van der Waals surface area contributed by atoms with Crippen molar-refractivity contribution in [3.63, 3.8) is 0 Å². The third-order valence-corrected chi connectivity index (χ3v) is 6.04. The summed E-state index contributed by atoms with van der Waals surface area (Å²) in [6, 6.07) is 8.73. The summed E-state index contributed by atoms with van der Waals surface area (Å²) in [6.45, 7) is 2.38. The van der Waals surface area contributed by atoms with Gasteiger partial charge in [-0.25, -0.2) is 0 Å². The average molecular weight is 493 g/mol. The molecule has 0 fully saturated rings. The first-order valence-corrected chi connectivity index (χ1v) is 10.7. The van der Waals surface area contributed by atoms with Crippen LogP contribution in [0.3, 0.4) is 0 Å². The van der Waals surface area contributed by atoms with Gasteiger partial charge in [0.1, 0.15) is 11.4 Å². The van der Waals surface area contributed by atoms with Gasteiger partial charge in [-0.2, -0.15) is 4.68 Å².